The van der Waals surface area contributed by atoms with E-state index in [1.807, 2.05) is 18.2 Å². The van der Waals surface area contributed by atoms with Gasteiger partial charge in [0, 0.05) is 23.2 Å². The highest BCUT2D eigenvalue weighted by Gasteiger charge is 2.21. The number of hydrogen-bond acceptors (Lipinski definition) is 2. The molecule has 0 amide bonds. The SMILES string of the molecule is CC(C)CCCOc1cccc(Cl)c1CNC1CC1. The first-order valence-electron chi connectivity index (χ1n) is 7.30. The molecule has 0 radical (unpaired) electrons. The zero-order valence-corrected chi connectivity index (χ0v) is 12.7. The molecule has 1 saturated carbocycles. The average molecular weight is 282 g/mol. The summed E-state index contributed by atoms with van der Waals surface area (Å²) in [5.41, 5.74) is 1.10. The molecule has 1 aliphatic rings. The van der Waals surface area contributed by atoms with Crippen LogP contribution in [0.15, 0.2) is 18.2 Å². The Kier molecular flexibility index (Phi) is 5.53. The monoisotopic (exact) mass is 281 g/mol. The molecule has 1 fully saturated rings. The van der Waals surface area contributed by atoms with E-state index in [2.05, 4.69) is 19.2 Å². The molecular weight excluding hydrogens is 258 g/mol. The van der Waals surface area contributed by atoms with Gasteiger partial charge in [-0.15, -0.1) is 0 Å². The second-order valence-electron chi connectivity index (χ2n) is 5.76. The van der Waals surface area contributed by atoms with Crippen LogP contribution in [0, 0.1) is 5.92 Å². The van der Waals surface area contributed by atoms with E-state index in [1.165, 1.54) is 19.3 Å². The van der Waals surface area contributed by atoms with Crippen LogP contribution in [0.25, 0.3) is 0 Å². The first kappa shape index (κ1) is 14.7. The van der Waals surface area contributed by atoms with Gasteiger partial charge >= 0.3 is 0 Å². The first-order chi connectivity index (χ1) is 9.16. The normalized spacial score (nSPS) is 14.9. The molecule has 1 aromatic rings. The van der Waals surface area contributed by atoms with Crippen LogP contribution >= 0.6 is 11.6 Å². The predicted octanol–water partition coefficient (Wildman–Crippen LogP) is 4.41. The van der Waals surface area contributed by atoms with Gasteiger partial charge in [0.2, 0.25) is 0 Å². The maximum Gasteiger partial charge on any atom is 0.125 e. The lowest BCUT2D eigenvalue weighted by Crippen LogP contribution is -2.16. The van der Waals surface area contributed by atoms with E-state index in [0.717, 1.165) is 41.8 Å². The lowest BCUT2D eigenvalue weighted by atomic mass is 10.1. The van der Waals surface area contributed by atoms with Crippen molar-refractivity contribution in [1.82, 2.24) is 5.32 Å². The third-order valence-corrected chi connectivity index (χ3v) is 3.76. The minimum absolute atomic E-state index is 0.685. The number of halogens is 1. The maximum absolute atomic E-state index is 6.28. The van der Waals surface area contributed by atoms with Crippen LogP contribution in [0.5, 0.6) is 5.75 Å². The van der Waals surface area contributed by atoms with Crippen molar-refractivity contribution >= 4 is 11.6 Å². The van der Waals surface area contributed by atoms with Crippen LogP contribution in [-0.4, -0.2) is 12.6 Å². The van der Waals surface area contributed by atoms with E-state index in [4.69, 9.17) is 16.3 Å². The lowest BCUT2D eigenvalue weighted by Gasteiger charge is -2.14. The molecular formula is C16H24ClNO. The van der Waals surface area contributed by atoms with Gasteiger partial charge in [0.25, 0.3) is 0 Å². The summed E-state index contributed by atoms with van der Waals surface area (Å²) >= 11 is 6.28. The van der Waals surface area contributed by atoms with Crippen LogP contribution in [-0.2, 0) is 6.54 Å². The van der Waals surface area contributed by atoms with Crippen LogP contribution in [0.4, 0.5) is 0 Å². The lowest BCUT2D eigenvalue weighted by molar-refractivity contribution is 0.294. The van der Waals surface area contributed by atoms with Crippen LogP contribution in [0.2, 0.25) is 5.02 Å². The van der Waals surface area contributed by atoms with Gasteiger partial charge in [0.15, 0.2) is 0 Å². The van der Waals surface area contributed by atoms with Gasteiger partial charge in [-0.3, -0.25) is 0 Å². The van der Waals surface area contributed by atoms with Crippen molar-refractivity contribution in [3.8, 4) is 5.75 Å². The highest BCUT2D eigenvalue weighted by atomic mass is 35.5. The standard InChI is InChI=1S/C16H24ClNO/c1-12(2)5-4-10-19-16-7-3-6-15(17)14(16)11-18-13-8-9-13/h3,6-7,12-13,18H,4-5,8-11H2,1-2H3. The molecule has 3 heteroatoms. The van der Waals surface area contributed by atoms with Gasteiger partial charge in [-0.05, 0) is 43.7 Å². The Balaban J connectivity index is 1.88. The molecule has 0 atom stereocenters. The molecule has 2 nitrogen and oxygen atoms in total. The van der Waals surface area contributed by atoms with Crippen molar-refractivity contribution in [1.29, 1.82) is 0 Å². The molecule has 1 N–H and O–H groups in total. The largest absolute Gasteiger partial charge is 0.493 e. The number of ether oxygens (including phenoxy) is 1. The van der Waals surface area contributed by atoms with Crippen LogP contribution in [0.3, 0.4) is 0 Å². The van der Waals surface area contributed by atoms with E-state index in [9.17, 15) is 0 Å². The molecule has 0 saturated heterocycles. The van der Waals surface area contributed by atoms with E-state index in [-0.39, 0.29) is 0 Å². The highest BCUT2D eigenvalue weighted by Crippen LogP contribution is 2.28. The molecule has 0 unspecified atom stereocenters. The summed E-state index contributed by atoms with van der Waals surface area (Å²) in [4.78, 5) is 0. The molecule has 0 aromatic heterocycles. The Morgan fingerprint density at radius 1 is 1.37 bits per heavy atom. The van der Waals surface area contributed by atoms with Gasteiger partial charge in [-0.2, -0.15) is 0 Å². The maximum atomic E-state index is 6.28. The summed E-state index contributed by atoms with van der Waals surface area (Å²) < 4.78 is 5.90. The van der Waals surface area contributed by atoms with Crippen molar-refractivity contribution in [2.45, 2.75) is 52.1 Å². The quantitative estimate of drug-likeness (QED) is 0.713. The molecule has 0 aliphatic heterocycles. The van der Waals surface area contributed by atoms with Gasteiger partial charge in [-0.1, -0.05) is 31.5 Å². The zero-order valence-electron chi connectivity index (χ0n) is 11.9. The highest BCUT2D eigenvalue weighted by molar-refractivity contribution is 6.31. The fourth-order valence-electron chi connectivity index (χ4n) is 2.05. The third kappa shape index (κ3) is 5.04. The number of benzene rings is 1. The van der Waals surface area contributed by atoms with Crippen molar-refractivity contribution in [2.24, 2.45) is 5.92 Å². The summed E-state index contributed by atoms with van der Waals surface area (Å²) in [7, 11) is 0. The summed E-state index contributed by atoms with van der Waals surface area (Å²) in [6.07, 6.45) is 4.87. The van der Waals surface area contributed by atoms with E-state index >= 15 is 0 Å². The Bertz CT molecular complexity index is 402. The molecule has 0 spiro atoms. The molecule has 1 aromatic carbocycles. The van der Waals surface area contributed by atoms with Gasteiger partial charge < -0.3 is 10.1 Å². The van der Waals surface area contributed by atoms with Crippen LogP contribution < -0.4 is 10.1 Å². The molecule has 0 heterocycles. The number of nitrogens with one attached hydrogen (secondary N) is 1. The van der Waals surface area contributed by atoms with Crippen molar-refractivity contribution < 1.29 is 4.74 Å². The Labute approximate surface area is 121 Å². The van der Waals surface area contributed by atoms with Crippen molar-refractivity contribution in [3.05, 3.63) is 28.8 Å². The second-order valence-corrected chi connectivity index (χ2v) is 6.16. The molecule has 19 heavy (non-hydrogen) atoms. The minimum atomic E-state index is 0.685. The Hall–Kier alpha value is -0.730. The summed E-state index contributed by atoms with van der Waals surface area (Å²) in [6.45, 7) is 6.06. The van der Waals surface area contributed by atoms with E-state index in [1.54, 1.807) is 0 Å². The van der Waals surface area contributed by atoms with Gasteiger partial charge in [0.1, 0.15) is 5.75 Å². The predicted molar refractivity (Wildman–Crippen MR) is 80.9 cm³/mol. The summed E-state index contributed by atoms with van der Waals surface area (Å²) in [5, 5.41) is 4.30. The first-order valence-corrected chi connectivity index (χ1v) is 7.68. The fraction of sp³-hybridized carbons (Fsp3) is 0.625. The average Bonchev–Trinajstić information content (AvgIpc) is 3.17. The summed E-state index contributed by atoms with van der Waals surface area (Å²) in [6, 6.07) is 6.60. The third-order valence-electron chi connectivity index (χ3n) is 3.40. The molecule has 0 bridgehead atoms. The smallest absolute Gasteiger partial charge is 0.125 e. The molecule has 1 aliphatic carbocycles. The van der Waals surface area contributed by atoms with Gasteiger partial charge in [0.05, 0.1) is 6.61 Å². The molecule has 106 valence electrons. The molecule has 2 rings (SSSR count). The van der Waals surface area contributed by atoms with E-state index < -0.39 is 0 Å². The minimum Gasteiger partial charge on any atom is -0.493 e. The number of rotatable bonds is 8. The van der Waals surface area contributed by atoms with Crippen molar-refractivity contribution in [3.63, 3.8) is 0 Å². The van der Waals surface area contributed by atoms with Gasteiger partial charge in [-0.25, -0.2) is 0 Å². The fourth-order valence-corrected chi connectivity index (χ4v) is 2.29. The topological polar surface area (TPSA) is 21.3 Å². The summed E-state index contributed by atoms with van der Waals surface area (Å²) in [5.74, 6) is 1.67. The number of hydrogen-bond donors (Lipinski definition) is 1. The van der Waals surface area contributed by atoms with E-state index in [0.29, 0.717) is 6.04 Å². The van der Waals surface area contributed by atoms with Crippen LogP contribution in [0.1, 0.15) is 45.1 Å². The van der Waals surface area contributed by atoms with Crippen molar-refractivity contribution in [2.75, 3.05) is 6.61 Å². The zero-order chi connectivity index (χ0) is 13.7. The Morgan fingerprint density at radius 3 is 2.84 bits per heavy atom. The Morgan fingerprint density at radius 2 is 2.16 bits per heavy atom. The second kappa shape index (κ2) is 7.16.